The third-order valence-electron chi connectivity index (χ3n) is 5.28. The van der Waals surface area contributed by atoms with Crippen molar-refractivity contribution in [3.63, 3.8) is 0 Å². The van der Waals surface area contributed by atoms with Crippen LogP contribution in [0.4, 0.5) is 0 Å². The van der Waals surface area contributed by atoms with E-state index in [0.717, 1.165) is 28.6 Å². The molecule has 1 aliphatic heterocycles. The molecule has 0 unspecified atom stereocenters. The number of rotatable bonds is 8. The van der Waals surface area contributed by atoms with Crippen molar-refractivity contribution in [3.05, 3.63) is 77.1 Å². The molecule has 1 aromatic heterocycles. The summed E-state index contributed by atoms with van der Waals surface area (Å²) in [7, 11) is -2.62. The molecule has 2 heterocycles. The first kappa shape index (κ1) is 21.8. The Morgan fingerprint density at radius 2 is 2.12 bits per heavy atom. The molecule has 1 aromatic carbocycles. The number of aryl methyl sites for hydroxylation is 1. The number of hydrogen-bond acceptors (Lipinski definition) is 6. The molecule has 9 heteroatoms. The zero-order valence-electron chi connectivity index (χ0n) is 17.5. The van der Waals surface area contributed by atoms with Crippen LogP contribution in [0.15, 0.2) is 71.6 Å². The van der Waals surface area contributed by atoms with Crippen LogP contribution in [-0.4, -0.2) is 30.6 Å². The van der Waals surface area contributed by atoms with E-state index < -0.39 is 16.0 Å². The first-order valence-electron chi connectivity index (χ1n) is 10.1. The van der Waals surface area contributed by atoms with Crippen LogP contribution in [0.25, 0.3) is 10.9 Å². The minimum absolute atomic E-state index is 0.130. The van der Waals surface area contributed by atoms with Gasteiger partial charge in [-0.15, -0.1) is 0 Å². The fourth-order valence-corrected chi connectivity index (χ4v) is 4.93. The molecule has 2 aliphatic rings. The van der Waals surface area contributed by atoms with E-state index >= 15 is 0 Å². The highest BCUT2D eigenvalue weighted by atomic mass is 32.2. The number of carbonyl (C=O) groups is 1. The van der Waals surface area contributed by atoms with E-state index in [1.54, 1.807) is 18.2 Å². The Bertz CT molecular complexity index is 1280. The summed E-state index contributed by atoms with van der Waals surface area (Å²) in [6.45, 7) is 0. The molecule has 32 heavy (non-hydrogen) atoms. The molecule has 0 fully saturated rings. The van der Waals surface area contributed by atoms with Gasteiger partial charge in [0.05, 0.1) is 12.6 Å². The Morgan fingerprint density at radius 3 is 2.84 bits per heavy atom. The average Bonchev–Trinajstić information content (AvgIpc) is 3.17. The molecule has 0 bridgehead atoms. The zero-order chi connectivity index (χ0) is 22.7. The van der Waals surface area contributed by atoms with Crippen LogP contribution < -0.4 is 4.74 Å². The van der Waals surface area contributed by atoms with Gasteiger partial charge in [-0.1, -0.05) is 23.8 Å². The SMILES string of the molecule is COc1ccc2c(c1)c(CCC(=O)O)cn2S(=O)(=O)C1=COC=C(CC2=CC=CCC2)O1. The molecular formula is C23H23NO7S. The lowest BCUT2D eigenvalue weighted by Crippen LogP contribution is -2.18. The maximum absolute atomic E-state index is 13.4. The van der Waals surface area contributed by atoms with E-state index in [0.29, 0.717) is 34.4 Å². The number of benzene rings is 1. The quantitative estimate of drug-likeness (QED) is 0.633. The molecule has 4 rings (SSSR count). The van der Waals surface area contributed by atoms with Gasteiger partial charge in [-0.3, -0.25) is 4.79 Å². The predicted molar refractivity (Wildman–Crippen MR) is 118 cm³/mol. The van der Waals surface area contributed by atoms with E-state index in [9.17, 15) is 13.2 Å². The summed E-state index contributed by atoms with van der Waals surface area (Å²) in [6.07, 6.45) is 12.2. The van der Waals surface area contributed by atoms with Gasteiger partial charge in [0.1, 0.15) is 24.0 Å². The number of nitrogens with zero attached hydrogens (tertiary/aromatic N) is 1. The van der Waals surface area contributed by atoms with Crippen molar-refractivity contribution >= 4 is 26.9 Å². The summed E-state index contributed by atoms with van der Waals surface area (Å²) in [6, 6.07) is 4.96. The van der Waals surface area contributed by atoms with Crippen molar-refractivity contribution in [2.24, 2.45) is 0 Å². The van der Waals surface area contributed by atoms with Gasteiger partial charge < -0.3 is 19.3 Å². The van der Waals surface area contributed by atoms with E-state index in [2.05, 4.69) is 6.08 Å². The fraction of sp³-hybridized carbons (Fsp3) is 0.261. The Hall–Kier alpha value is -3.46. The van der Waals surface area contributed by atoms with Crippen molar-refractivity contribution in [2.45, 2.75) is 32.1 Å². The van der Waals surface area contributed by atoms with Crippen molar-refractivity contribution in [2.75, 3.05) is 7.11 Å². The largest absolute Gasteiger partial charge is 0.497 e. The van der Waals surface area contributed by atoms with Crippen LogP contribution in [0, 0.1) is 0 Å². The first-order chi connectivity index (χ1) is 15.4. The molecule has 0 spiro atoms. The van der Waals surface area contributed by atoms with Gasteiger partial charge in [-0.05, 0) is 43.0 Å². The lowest BCUT2D eigenvalue weighted by Gasteiger charge is -2.19. The van der Waals surface area contributed by atoms with E-state index in [4.69, 9.17) is 19.3 Å². The summed E-state index contributed by atoms with van der Waals surface area (Å²) in [5.74, 6) is -0.0254. The van der Waals surface area contributed by atoms with Gasteiger partial charge in [0.15, 0.2) is 0 Å². The number of methoxy groups -OCH3 is 1. The molecule has 1 N–H and O–H groups in total. The van der Waals surface area contributed by atoms with Crippen molar-refractivity contribution < 1.29 is 32.5 Å². The molecule has 168 valence electrons. The molecule has 0 radical (unpaired) electrons. The summed E-state index contributed by atoms with van der Waals surface area (Å²) in [4.78, 5) is 11.1. The lowest BCUT2D eigenvalue weighted by molar-refractivity contribution is -0.136. The van der Waals surface area contributed by atoms with Crippen LogP contribution in [-0.2, 0) is 30.7 Å². The second-order valence-corrected chi connectivity index (χ2v) is 9.21. The summed E-state index contributed by atoms with van der Waals surface area (Å²) in [5, 5.41) is 9.34. The van der Waals surface area contributed by atoms with Crippen LogP contribution in [0.5, 0.6) is 5.75 Å². The van der Waals surface area contributed by atoms with Gasteiger partial charge in [0.2, 0.25) is 0 Å². The molecule has 0 amide bonds. The number of carboxylic acid groups (broad SMARTS) is 1. The molecule has 0 saturated carbocycles. The van der Waals surface area contributed by atoms with Crippen molar-refractivity contribution in [1.82, 2.24) is 3.97 Å². The number of hydrogen-bond donors (Lipinski definition) is 1. The minimum Gasteiger partial charge on any atom is -0.497 e. The maximum Gasteiger partial charge on any atom is 0.304 e. The number of aliphatic carboxylic acids is 1. The Balaban J connectivity index is 1.66. The molecular weight excluding hydrogens is 434 g/mol. The third-order valence-corrected chi connectivity index (χ3v) is 6.79. The summed E-state index contributed by atoms with van der Waals surface area (Å²) < 4.78 is 44.2. The topological polar surface area (TPSA) is 104 Å². The molecule has 1 aliphatic carbocycles. The molecule has 8 nitrogen and oxygen atoms in total. The van der Waals surface area contributed by atoms with Crippen LogP contribution in [0.3, 0.4) is 0 Å². The minimum atomic E-state index is -4.13. The standard InChI is InChI=1S/C23H23NO7S/c1-29-18-8-9-21-20(12-18)17(7-10-22(25)26)13-24(21)32(27,28)23-15-30-14-19(31-23)11-16-5-3-2-4-6-16/h2-3,5,8-9,12-15H,4,6-7,10-11H2,1H3,(H,25,26). The van der Waals surface area contributed by atoms with Gasteiger partial charge in [-0.2, -0.15) is 8.42 Å². The van der Waals surface area contributed by atoms with E-state index in [1.807, 2.05) is 12.2 Å². The fourth-order valence-electron chi connectivity index (χ4n) is 3.67. The van der Waals surface area contributed by atoms with E-state index in [1.165, 1.54) is 19.6 Å². The predicted octanol–water partition coefficient (Wildman–Crippen LogP) is 4.20. The average molecular weight is 458 g/mol. The monoisotopic (exact) mass is 457 g/mol. The zero-order valence-corrected chi connectivity index (χ0v) is 18.3. The van der Waals surface area contributed by atoms with Crippen molar-refractivity contribution in [1.29, 1.82) is 0 Å². The highest BCUT2D eigenvalue weighted by Crippen LogP contribution is 2.32. The highest BCUT2D eigenvalue weighted by Gasteiger charge is 2.29. The van der Waals surface area contributed by atoms with Gasteiger partial charge in [-0.25, -0.2) is 3.97 Å². The molecule has 0 atom stereocenters. The highest BCUT2D eigenvalue weighted by molar-refractivity contribution is 7.93. The Labute approximate surface area is 185 Å². The van der Waals surface area contributed by atoms with Crippen molar-refractivity contribution in [3.8, 4) is 5.75 Å². The van der Waals surface area contributed by atoms with Crippen LogP contribution in [0.2, 0.25) is 0 Å². The summed E-state index contributed by atoms with van der Waals surface area (Å²) in [5.41, 5.74) is 2.10. The number of aromatic nitrogens is 1. The van der Waals surface area contributed by atoms with Gasteiger partial charge >= 0.3 is 16.0 Å². The number of ether oxygens (including phenoxy) is 3. The summed E-state index contributed by atoms with van der Waals surface area (Å²) >= 11 is 0. The third kappa shape index (κ3) is 4.43. The number of fused-ring (bicyclic) bond motifs is 1. The van der Waals surface area contributed by atoms with Gasteiger partial charge in [0, 0.05) is 24.4 Å². The van der Waals surface area contributed by atoms with Crippen LogP contribution >= 0.6 is 0 Å². The second kappa shape index (κ2) is 8.96. The molecule has 2 aromatic rings. The first-order valence-corrected chi connectivity index (χ1v) is 11.5. The Kier molecular flexibility index (Phi) is 6.09. The molecule has 0 saturated heterocycles. The lowest BCUT2D eigenvalue weighted by atomic mass is 10.0. The smallest absolute Gasteiger partial charge is 0.304 e. The maximum atomic E-state index is 13.4. The number of carboxylic acids is 1. The normalized spacial score (nSPS) is 16.0. The Morgan fingerprint density at radius 1 is 1.28 bits per heavy atom. The van der Waals surface area contributed by atoms with Crippen LogP contribution in [0.1, 0.15) is 31.2 Å². The number of allylic oxidation sites excluding steroid dienone is 4. The van der Waals surface area contributed by atoms with E-state index in [-0.39, 0.29) is 17.9 Å². The van der Waals surface area contributed by atoms with Gasteiger partial charge in [0.25, 0.3) is 5.09 Å². The second-order valence-electron chi connectivity index (χ2n) is 7.46.